The van der Waals surface area contributed by atoms with Crippen molar-refractivity contribution < 1.29 is 19.1 Å². The maximum absolute atomic E-state index is 13.2. The molecular weight excluding hydrogens is 346 g/mol. The van der Waals surface area contributed by atoms with Crippen molar-refractivity contribution in [1.29, 1.82) is 0 Å². The molecule has 2 aliphatic rings. The number of nitrogens with one attached hydrogen (secondary N) is 1. The average molecular weight is 382 g/mol. The van der Waals surface area contributed by atoms with Crippen molar-refractivity contribution in [2.75, 3.05) is 13.7 Å². The molecule has 1 atom stereocenters. The number of ether oxygens (including phenoxy) is 2. The zero-order chi connectivity index (χ0) is 20.2. The van der Waals surface area contributed by atoms with E-state index in [4.69, 9.17) is 9.47 Å². The molecule has 1 saturated carbocycles. The third-order valence-electron chi connectivity index (χ3n) is 5.42. The van der Waals surface area contributed by atoms with Gasteiger partial charge in [-0.05, 0) is 58.8 Å². The SMILES string of the molecule is CCC1(CC)CC(=O)N(C(CCOC)C2CC2)C(=NC(=O)OC(C)(C)C)N1. The molecule has 1 N–H and O–H groups in total. The minimum atomic E-state index is -0.674. The normalized spacial score (nSPS) is 22.5. The van der Waals surface area contributed by atoms with E-state index in [-0.39, 0.29) is 17.5 Å². The van der Waals surface area contributed by atoms with Gasteiger partial charge in [-0.15, -0.1) is 4.99 Å². The molecule has 2 rings (SSSR count). The summed E-state index contributed by atoms with van der Waals surface area (Å²) < 4.78 is 10.6. The first-order valence-electron chi connectivity index (χ1n) is 10.1. The number of rotatable bonds is 7. The van der Waals surface area contributed by atoms with Crippen molar-refractivity contribution in [3.8, 4) is 0 Å². The monoisotopic (exact) mass is 381 g/mol. The van der Waals surface area contributed by atoms with E-state index in [1.54, 1.807) is 32.8 Å². The predicted octanol–water partition coefficient (Wildman–Crippen LogP) is 3.47. The first-order valence-corrected chi connectivity index (χ1v) is 10.1. The highest BCUT2D eigenvalue weighted by molar-refractivity contribution is 6.04. The summed E-state index contributed by atoms with van der Waals surface area (Å²) in [7, 11) is 1.66. The maximum Gasteiger partial charge on any atom is 0.437 e. The average Bonchev–Trinajstić information content (AvgIpc) is 3.40. The van der Waals surface area contributed by atoms with Gasteiger partial charge in [-0.2, -0.15) is 0 Å². The van der Waals surface area contributed by atoms with Crippen LogP contribution >= 0.6 is 0 Å². The second-order valence-corrected chi connectivity index (χ2v) is 8.65. The van der Waals surface area contributed by atoms with E-state index < -0.39 is 11.7 Å². The van der Waals surface area contributed by atoms with E-state index in [9.17, 15) is 9.59 Å². The van der Waals surface area contributed by atoms with Crippen LogP contribution in [0, 0.1) is 5.92 Å². The Morgan fingerprint density at radius 3 is 2.44 bits per heavy atom. The second kappa shape index (κ2) is 8.59. The smallest absolute Gasteiger partial charge is 0.437 e. The third-order valence-corrected chi connectivity index (χ3v) is 5.42. The first-order chi connectivity index (χ1) is 12.6. The quantitative estimate of drug-likeness (QED) is 0.730. The van der Waals surface area contributed by atoms with Crippen LogP contribution in [0.15, 0.2) is 4.99 Å². The molecule has 154 valence electrons. The lowest BCUT2D eigenvalue weighted by Gasteiger charge is -2.45. The number of methoxy groups -OCH3 is 1. The Bertz CT molecular complexity index is 574. The van der Waals surface area contributed by atoms with Crippen molar-refractivity contribution in [2.24, 2.45) is 10.9 Å². The summed E-state index contributed by atoms with van der Waals surface area (Å²) in [6.07, 6.45) is 4.20. The molecule has 2 amide bonds. The second-order valence-electron chi connectivity index (χ2n) is 8.65. The molecular formula is C20H35N3O4. The van der Waals surface area contributed by atoms with E-state index in [1.807, 2.05) is 13.8 Å². The van der Waals surface area contributed by atoms with E-state index in [0.29, 0.717) is 24.9 Å². The van der Waals surface area contributed by atoms with E-state index in [2.05, 4.69) is 10.3 Å². The van der Waals surface area contributed by atoms with Crippen LogP contribution in [0.25, 0.3) is 0 Å². The summed E-state index contributed by atoms with van der Waals surface area (Å²) >= 11 is 0. The molecule has 7 heteroatoms. The van der Waals surface area contributed by atoms with Gasteiger partial charge in [0.05, 0.1) is 6.42 Å². The third kappa shape index (κ3) is 5.67. The highest BCUT2D eigenvalue weighted by Gasteiger charge is 2.46. The van der Waals surface area contributed by atoms with Crippen molar-refractivity contribution in [2.45, 2.75) is 90.3 Å². The fourth-order valence-corrected chi connectivity index (χ4v) is 3.60. The van der Waals surface area contributed by atoms with Crippen molar-refractivity contribution >= 4 is 18.0 Å². The van der Waals surface area contributed by atoms with Crippen LogP contribution < -0.4 is 5.32 Å². The van der Waals surface area contributed by atoms with Crippen LogP contribution in [-0.4, -0.2) is 53.8 Å². The maximum atomic E-state index is 13.2. The number of nitrogens with zero attached hydrogens (tertiary/aromatic N) is 2. The van der Waals surface area contributed by atoms with Gasteiger partial charge in [-0.1, -0.05) is 13.8 Å². The zero-order valence-electron chi connectivity index (χ0n) is 17.6. The highest BCUT2D eigenvalue weighted by atomic mass is 16.6. The molecule has 1 aliphatic carbocycles. The number of amides is 2. The lowest BCUT2D eigenvalue weighted by Crippen LogP contribution is -2.65. The van der Waals surface area contributed by atoms with E-state index in [0.717, 1.165) is 32.1 Å². The number of guanidine groups is 1. The van der Waals surface area contributed by atoms with Gasteiger partial charge in [0.15, 0.2) is 0 Å². The number of carbonyl (C=O) groups is 2. The fraction of sp³-hybridized carbons (Fsp3) is 0.850. The Labute approximate surface area is 162 Å². The Hall–Kier alpha value is -1.63. The van der Waals surface area contributed by atoms with E-state index >= 15 is 0 Å². The number of carbonyl (C=O) groups excluding carboxylic acids is 2. The van der Waals surface area contributed by atoms with Gasteiger partial charge in [-0.25, -0.2) is 4.79 Å². The van der Waals surface area contributed by atoms with Gasteiger partial charge in [0.1, 0.15) is 5.60 Å². The molecule has 1 saturated heterocycles. The molecule has 0 aromatic carbocycles. The van der Waals surface area contributed by atoms with Gasteiger partial charge < -0.3 is 14.8 Å². The summed E-state index contributed by atoms with van der Waals surface area (Å²) in [6, 6.07) is -0.00199. The molecule has 0 aromatic heterocycles. The van der Waals surface area contributed by atoms with Gasteiger partial charge in [0, 0.05) is 25.3 Å². The summed E-state index contributed by atoms with van der Waals surface area (Å²) in [6.45, 7) is 10.1. The van der Waals surface area contributed by atoms with Crippen LogP contribution in [0.2, 0.25) is 0 Å². The summed E-state index contributed by atoms with van der Waals surface area (Å²) in [4.78, 5) is 31.4. The Morgan fingerprint density at radius 1 is 1.33 bits per heavy atom. The lowest BCUT2D eigenvalue weighted by molar-refractivity contribution is -0.133. The number of aliphatic imine (C=N–C) groups is 1. The molecule has 1 heterocycles. The molecule has 0 bridgehead atoms. The van der Waals surface area contributed by atoms with Crippen molar-refractivity contribution in [1.82, 2.24) is 10.2 Å². The highest BCUT2D eigenvalue weighted by Crippen LogP contribution is 2.39. The minimum Gasteiger partial charge on any atom is -0.442 e. The first kappa shape index (κ1) is 21.7. The molecule has 0 aromatic rings. The van der Waals surface area contributed by atoms with Crippen LogP contribution in [0.3, 0.4) is 0 Å². The van der Waals surface area contributed by atoms with Crippen LogP contribution in [-0.2, 0) is 14.3 Å². The largest absolute Gasteiger partial charge is 0.442 e. The molecule has 1 unspecified atom stereocenters. The van der Waals surface area contributed by atoms with Gasteiger partial charge in [-0.3, -0.25) is 9.69 Å². The van der Waals surface area contributed by atoms with E-state index in [1.165, 1.54) is 0 Å². The topological polar surface area (TPSA) is 80.2 Å². The molecule has 0 spiro atoms. The van der Waals surface area contributed by atoms with Crippen LogP contribution in [0.1, 0.15) is 73.1 Å². The number of hydrogen-bond acceptors (Lipinski definition) is 4. The van der Waals surface area contributed by atoms with Gasteiger partial charge >= 0.3 is 6.09 Å². The minimum absolute atomic E-state index is 0.00199. The summed E-state index contributed by atoms with van der Waals surface area (Å²) in [5, 5.41) is 3.42. The summed E-state index contributed by atoms with van der Waals surface area (Å²) in [5.41, 5.74) is -1.01. The molecule has 2 fully saturated rings. The zero-order valence-corrected chi connectivity index (χ0v) is 17.6. The predicted molar refractivity (Wildman–Crippen MR) is 105 cm³/mol. The Kier molecular flexibility index (Phi) is 6.89. The number of hydrogen-bond donors (Lipinski definition) is 1. The fourth-order valence-electron chi connectivity index (χ4n) is 3.60. The van der Waals surface area contributed by atoms with Crippen molar-refractivity contribution in [3.63, 3.8) is 0 Å². The Balaban J connectivity index is 2.35. The van der Waals surface area contributed by atoms with Gasteiger partial charge in [0.25, 0.3) is 0 Å². The van der Waals surface area contributed by atoms with Crippen LogP contribution in [0.4, 0.5) is 4.79 Å². The van der Waals surface area contributed by atoms with Crippen molar-refractivity contribution in [3.05, 3.63) is 0 Å². The van der Waals surface area contributed by atoms with Crippen LogP contribution in [0.5, 0.6) is 0 Å². The molecule has 7 nitrogen and oxygen atoms in total. The Morgan fingerprint density at radius 2 is 1.96 bits per heavy atom. The molecule has 0 radical (unpaired) electrons. The standard InChI is InChI=1S/C20H35N3O4/c1-7-20(8-2)13-16(24)23(15(11-12-26-6)14-9-10-14)17(22-20)21-18(25)27-19(3,4)5/h14-15H,7-13H2,1-6H3,(H,21,22,25). The summed E-state index contributed by atoms with van der Waals surface area (Å²) in [5.74, 6) is 0.787. The molecule has 27 heavy (non-hydrogen) atoms. The molecule has 1 aliphatic heterocycles. The lowest BCUT2D eigenvalue weighted by atomic mass is 9.86. The van der Waals surface area contributed by atoms with Gasteiger partial charge in [0.2, 0.25) is 11.9 Å².